The van der Waals surface area contributed by atoms with Crippen molar-refractivity contribution in [3.63, 3.8) is 0 Å². The molecule has 1 saturated heterocycles. The van der Waals surface area contributed by atoms with Crippen molar-refractivity contribution in [2.75, 3.05) is 26.7 Å². The third kappa shape index (κ3) is 4.83. The van der Waals surface area contributed by atoms with Gasteiger partial charge >= 0.3 is 0 Å². The largest absolute Gasteiger partial charge is 0.484 e. The molecule has 0 unspecified atom stereocenters. The van der Waals surface area contributed by atoms with Gasteiger partial charge in [0, 0.05) is 12.6 Å². The van der Waals surface area contributed by atoms with Gasteiger partial charge in [-0.05, 0) is 38.6 Å². The first-order chi connectivity index (χ1) is 9.63. The molecule has 0 radical (unpaired) electrons. The van der Waals surface area contributed by atoms with Crippen LogP contribution in [0.4, 0.5) is 0 Å². The normalized spacial score (nSPS) is 23.9. The van der Waals surface area contributed by atoms with Gasteiger partial charge in [0.2, 0.25) is 0 Å². The van der Waals surface area contributed by atoms with E-state index in [0.717, 1.165) is 13.0 Å². The maximum absolute atomic E-state index is 11.9. The van der Waals surface area contributed by atoms with Crippen molar-refractivity contribution < 1.29 is 14.6 Å². The standard InChI is InChI=1S/C15H22N2O3/c1-17-8-7-12(9-13(18)10-17)16-15(19)11-20-14-5-3-2-4-6-14/h2-6,12-13,18H,7-11H2,1H3,(H,16,19)/t12-,13-/m0/s1. The fourth-order valence-corrected chi connectivity index (χ4v) is 2.41. The molecule has 110 valence electrons. The number of nitrogens with one attached hydrogen (secondary N) is 1. The second kappa shape index (κ2) is 7.26. The predicted molar refractivity (Wildman–Crippen MR) is 76.6 cm³/mol. The number of β-amino-alcohol motifs (C(OH)–C–C–N with tert-alkyl or cyclic N) is 1. The Balaban J connectivity index is 1.76. The van der Waals surface area contributed by atoms with Gasteiger partial charge in [0.25, 0.3) is 5.91 Å². The number of carbonyl (C=O) groups is 1. The molecule has 0 aromatic heterocycles. The summed E-state index contributed by atoms with van der Waals surface area (Å²) in [6.07, 6.45) is 1.06. The molecule has 1 aliphatic rings. The van der Waals surface area contributed by atoms with E-state index in [2.05, 4.69) is 10.2 Å². The van der Waals surface area contributed by atoms with E-state index >= 15 is 0 Å². The van der Waals surface area contributed by atoms with E-state index in [1.165, 1.54) is 0 Å². The zero-order chi connectivity index (χ0) is 14.4. The van der Waals surface area contributed by atoms with Crippen molar-refractivity contribution in [2.45, 2.75) is 25.0 Å². The fourth-order valence-electron chi connectivity index (χ4n) is 2.41. The van der Waals surface area contributed by atoms with Gasteiger partial charge in [0.05, 0.1) is 6.10 Å². The Labute approximate surface area is 119 Å². The topological polar surface area (TPSA) is 61.8 Å². The zero-order valence-electron chi connectivity index (χ0n) is 11.8. The molecule has 0 aliphatic carbocycles. The van der Waals surface area contributed by atoms with E-state index in [1.807, 2.05) is 37.4 Å². The summed E-state index contributed by atoms with van der Waals surface area (Å²) < 4.78 is 5.40. The molecule has 0 saturated carbocycles. The number of hydrogen-bond donors (Lipinski definition) is 2. The van der Waals surface area contributed by atoms with Crippen molar-refractivity contribution >= 4 is 5.91 Å². The first kappa shape index (κ1) is 14.8. The van der Waals surface area contributed by atoms with E-state index in [4.69, 9.17) is 4.74 Å². The van der Waals surface area contributed by atoms with Crippen LogP contribution in [0.5, 0.6) is 5.75 Å². The molecule has 1 heterocycles. The van der Waals surface area contributed by atoms with Gasteiger partial charge in [-0.2, -0.15) is 0 Å². The second-order valence-corrected chi connectivity index (χ2v) is 5.31. The van der Waals surface area contributed by atoms with Crippen LogP contribution in [0, 0.1) is 0 Å². The van der Waals surface area contributed by atoms with Gasteiger partial charge in [-0.25, -0.2) is 0 Å². The molecule has 2 rings (SSSR count). The third-order valence-electron chi connectivity index (χ3n) is 3.42. The third-order valence-corrected chi connectivity index (χ3v) is 3.42. The molecule has 0 spiro atoms. The van der Waals surface area contributed by atoms with E-state index in [0.29, 0.717) is 18.7 Å². The summed E-state index contributed by atoms with van der Waals surface area (Å²) in [5.74, 6) is 0.541. The van der Waals surface area contributed by atoms with Gasteiger partial charge in [-0.15, -0.1) is 0 Å². The molecule has 5 heteroatoms. The number of amides is 1. The number of rotatable bonds is 4. The average molecular weight is 278 g/mol. The van der Waals surface area contributed by atoms with Gasteiger partial charge in [-0.1, -0.05) is 18.2 Å². The van der Waals surface area contributed by atoms with Gasteiger partial charge in [0.1, 0.15) is 5.75 Å². The Hall–Kier alpha value is -1.59. The number of ether oxygens (including phenoxy) is 1. The number of benzene rings is 1. The first-order valence-corrected chi connectivity index (χ1v) is 6.97. The molecule has 1 amide bonds. The molecule has 2 atom stereocenters. The lowest BCUT2D eigenvalue weighted by Crippen LogP contribution is -2.39. The quantitative estimate of drug-likeness (QED) is 0.848. The Morgan fingerprint density at radius 3 is 2.95 bits per heavy atom. The van der Waals surface area contributed by atoms with E-state index in [1.54, 1.807) is 0 Å². The Kier molecular flexibility index (Phi) is 5.38. The summed E-state index contributed by atoms with van der Waals surface area (Å²) in [5, 5.41) is 12.8. The first-order valence-electron chi connectivity index (χ1n) is 6.97. The highest BCUT2D eigenvalue weighted by atomic mass is 16.5. The van der Waals surface area contributed by atoms with Crippen molar-refractivity contribution in [1.82, 2.24) is 10.2 Å². The number of hydrogen-bond acceptors (Lipinski definition) is 4. The summed E-state index contributed by atoms with van der Waals surface area (Å²) in [6, 6.07) is 9.28. The van der Waals surface area contributed by atoms with Crippen molar-refractivity contribution in [3.05, 3.63) is 30.3 Å². The maximum atomic E-state index is 11.9. The number of nitrogens with zero attached hydrogens (tertiary/aromatic N) is 1. The number of likely N-dealkylation sites (tertiary alicyclic amines) is 1. The Bertz CT molecular complexity index is 424. The lowest BCUT2D eigenvalue weighted by atomic mass is 10.1. The smallest absolute Gasteiger partial charge is 0.258 e. The Morgan fingerprint density at radius 2 is 2.20 bits per heavy atom. The van der Waals surface area contributed by atoms with Crippen LogP contribution in [0.15, 0.2) is 30.3 Å². The van der Waals surface area contributed by atoms with Crippen molar-refractivity contribution in [3.8, 4) is 5.75 Å². The van der Waals surface area contributed by atoms with Crippen LogP contribution in [0.25, 0.3) is 0 Å². The second-order valence-electron chi connectivity index (χ2n) is 5.31. The van der Waals surface area contributed by atoms with Crippen LogP contribution in [-0.2, 0) is 4.79 Å². The fraction of sp³-hybridized carbons (Fsp3) is 0.533. The van der Waals surface area contributed by atoms with Crippen LogP contribution < -0.4 is 10.1 Å². The molecular weight excluding hydrogens is 256 g/mol. The summed E-state index contributed by atoms with van der Waals surface area (Å²) >= 11 is 0. The minimum Gasteiger partial charge on any atom is -0.484 e. The van der Waals surface area contributed by atoms with Gasteiger partial charge in [0.15, 0.2) is 6.61 Å². The lowest BCUT2D eigenvalue weighted by molar-refractivity contribution is -0.124. The lowest BCUT2D eigenvalue weighted by Gasteiger charge is -2.17. The summed E-state index contributed by atoms with van der Waals surface area (Å²) in [4.78, 5) is 13.9. The SMILES string of the molecule is CN1CC[C@H](NC(=O)COc2ccccc2)C[C@H](O)C1. The number of aliphatic hydroxyl groups is 1. The van der Waals surface area contributed by atoms with Crippen molar-refractivity contribution in [2.24, 2.45) is 0 Å². The van der Waals surface area contributed by atoms with Crippen LogP contribution >= 0.6 is 0 Å². The molecular formula is C15H22N2O3. The van der Waals surface area contributed by atoms with Crippen LogP contribution in [-0.4, -0.2) is 54.8 Å². The summed E-state index contributed by atoms with van der Waals surface area (Å²) in [7, 11) is 1.98. The molecule has 2 N–H and O–H groups in total. The molecule has 1 aliphatic heterocycles. The molecule has 20 heavy (non-hydrogen) atoms. The molecule has 1 fully saturated rings. The van der Waals surface area contributed by atoms with E-state index < -0.39 is 0 Å². The van der Waals surface area contributed by atoms with Crippen molar-refractivity contribution in [1.29, 1.82) is 0 Å². The number of aliphatic hydroxyl groups excluding tert-OH is 1. The number of carbonyl (C=O) groups excluding carboxylic acids is 1. The molecule has 1 aromatic carbocycles. The summed E-state index contributed by atoms with van der Waals surface area (Å²) in [6.45, 7) is 1.54. The molecule has 0 bridgehead atoms. The maximum Gasteiger partial charge on any atom is 0.258 e. The minimum atomic E-state index is -0.386. The van der Waals surface area contributed by atoms with Gasteiger partial charge in [-0.3, -0.25) is 4.79 Å². The van der Waals surface area contributed by atoms with Crippen LogP contribution in [0.3, 0.4) is 0 Å². The molecule has 5 nitrogen and oxygen atoms in total. The average Bonchev–Trinajstić information content (AvgIpc) is 2.58. The number of para-hydroxylation sites is 1. The molecule has 1 aromatic rings. The Morgan fingerprint density at radius 1 is 1.45 bits per heavy atom. The van der Waals surface area contributed by atoms with Crippen LogP contribution in [0.2, 0.25) is 0 Å². The van der Waals surface area contributed by atoms with E-state index in [-0.39, 0.29) is 24.7 Å². The minimum absolute atomic E-state index is 0.00640. The highest BCUT2D eigenvalue weighted by Crippen LogP contribution is 2.11. The van der Waals surface area contributed by atoms with Crippen LogP contribution in [0.1, 0.15) is 12.8 Å². The monoisotopic (exact) mass is 278 g/mol. The number of likely N-dealkylation sites (N-methyl/N-ethyl adjacent to an activating group) is 1. The summed E-state index contributed by atoms with van der Waals surface area (Å²) in [5.41, 5.74) is 0. The van der Waals surface area contributed by atoms with Gasteiger partial charge < -0.3 is 20.1 Å². The highest BCUT2D eigenvalue weighted by molar-refractivity contribution is 5.77. The highest BCUT2D eigenvalue weighted by Gasteiger charge is 2.22. The van der Waals surface area contributed by atoms with E-state index in [9.17, 15) is 9.90 Å². The predicted octanol–water partition coefficient (Wildman–Crippen LogP) is 0.637. The zero-order valence-corrected chi connectivity index (χ0v) is 11.8.